The van der Waals surface area contributed by atoms with Crippen molar-refractivity contribution in [1.29, 1.82) is 0 Å². The molecule has 0 aliphatic rings. The molecule has 0 spiro atoms. The summed E-state index contributed by atoms with van der Waals surface area (Å²) in [7, 11) is 0. The number of anilines is 1. The standard InChI is InChI=1S/C17H16N2/c1-2-5-14(6-3-1)9-12-19-17-8-4-7-15-10-11-18-13-16(15)17/h1-8,10-11,13,19H,9,12H2. The average molecular weight is 248 g/mol. The predicted octanol–water partition coefficient (Wildman–Crippen LogP) is 3.89. The molecule has 0 amide bonds. The fourth-order valence-corrected chi connectivity index (χ4v) is 2.25. The van der Waals surface area contributed by atoms with Crippen molar-refractivity contribution in [2.24, 2.45) is 0 Å². The van der Waals surface area contributed by atoms with Gasteiger partial charge in [-0.2, -0.15) is 0 Å². The van der Waals surface area contributed by atoms with Crippen LogP contribution in [0.2, 0.25) is 0 Å². The predicted molar refractivity (Wildman–Crippen MR) is 80.4 cm³/mol. The van der Waals surface area contributed by atoms with Crippen molar-refractivity contribution in [3.8, 4) is 0 Å². The number of benzene rings is 2. The van der Waals surface area contributed by atoms with Gasteiger partial charge in [-0.1, -0.05) is 42.5 Å². The molecule has 0 unspecified atom stereocenters. The molecule has 94 valence electrons. The Morgan fingerprint density at radius 1 is 0.895 bits per heavy atom. The van der Waals surface area contributed by atoms with Gasteiger partial charge in [0, 0.05) is 30.0 Å². The summed E-state index contributed by atoms with van der Waals surface area (Å²) in [6, 6.07) is 18.9. The van der Waals surface area contributed by atoms with Gasteiger partial charge >= 0.3 is 0 Å². The first-order valence-corrected chi connectivity index (χ1v) is 6.54. The maximum atomic E-state index is 4.20. The van der Waals surface area contributed by atoms with Crippen LogP contribution < -0.4 is 5.32 Å². The molecule has 3 aromatic rings. The van der Waals surface area contributed by atoms with E-state index in [-0.39, 0.29) is 0 Å². The van der Waals surface area contributed by atoms with Crippen LogP contribution in [0, 0.1) is 0 Å². The van der Waals surface area contributed by atoms with Crippen LogP contribution in [0.15, 0.2) is 67.0 Å². The van der Waals surface area contributed by atoms with E-state index in [9.17, 15) is 0 Å². The molecule has 19 heavy (non-hydrogen) atoms. The third kappa shape index (κ3) is 2.74. The highest BCUT2D eigenvalue weighted by molar-refractivity contribution is 5.93. The van der Waals surface area contributed by atoms with Crippen LogP contribution in [0.4, 0.5) is 5.69 Å². The van der Waals surface area contributed by atoms with Crippen LogP contribution >= 0.6 is 0 Å². The van der Waals surface area contributed by atoms with E-state index in [0.717, 1.165) is 18.7 Å². The maximum Gasteiger partial charge on any atom is 0.0435 e. The highest BCUT2D eigenvalue weighted by Gasteiger charge is 1.99. The average Bonchev–Trinajstić information content (AvgIpc) is 2.49. The molecule has 0 aliphatic carbocycles. The Bertz CT molecular complexity index is 657. The van der Waals surface area contributed by atoms with Crippen LogP contribution in [-0.4, -0.2) is 11.5 Å². The van der Waals surface area contributed by atoms with E-state index in [4.69, 9.17) is 0 Å². The highest BCUT2D eigenvalue weighted by atomic mass is 14.9. The van der Waals surface area contributed by atoms with Crippen LogP contribution in [0.5, 0.6) is 0 Å². The Morgan fingerprint density at radius 2 is 1.79 bits per heavy atom. The molecule has 0 saturated heterocycles. The van der Waals surface area contributed by atoms with E-state index in [1.54, 1.807) is 0 Å². The summed E-state index contributed by atoms with van der Waals surface area (Å²) in [5, 5.41) is 5.90. The molecule has 1 aromatic heterocycles. The largest absolute Gasteiger partial charge is 0.384 e. The summed E-state index contributed by atoms with van der Waals surface area (Å²) in [6.45, 7) is 0.929. The zero-order valence-electron chi connectivity index (χ0n) is 10.7. The van der Waals surface area contributed by atoms with Gasteiger partial charge in [-0.15, -0.1) is 0 Å². The lowest BCUT2D eigenvalue weighted by Gasteiger charge is -2.09. The molecule has 1 heterocycles. The van der Waals surface area contributed by atoms with Gasteiger partial charge in [-0.3, -0.25) is 4.98 Å². The molecule has 0 saturated carbocycles. The van der Waals surface area contributed by atoms with Crippen molar-refractivity contribution < 1.29 is 0 Å². The number of aromatic nitrogens is 1. The summed E-state index contributed by atoms with van der Waals surface area (Å²) in [4.78, 5) is 4.20. The van der Waals surface area contributed by atoms with Crippen molar-refractivity contribution >= 4 is 16.5 Å². The Labute approximate surface area is 113 Å². The molecule has 0 atom stereocenters. The number of nitrogens with one attached hydrogen (secondary N) is 1. The number of hydrogen-bond donors (Lipinski definition) is 1. The molecule has 0 radical (unpaired) electrons. The van der Waals surface area contributed by atoms with Crippen LogP contribution in [0.25, 0.3) is 10.8 Å². The van der Waals surface area contributed by atoms with Gasteiger partial charge in [0.15, 0.2) is 0 Å². The molecule has 0 aliphatic heterocycles. The van der Waals surface area contributed by atoms with E-state index in [0.29, 0.717) is 0 Å². The molecule has 2 nitrogen and oxygen atoms in total. The van der Waals surface area contributed by atoms with Gasteiger partial charge in [-0.25, -0.2) is 0 Å². The summed E-state index contributed by atoms with van der Waals surface area (Å²) in [6.07, 6.45) is 4.77. The zero-order valence-corrected chi connectivity index (χ0v) is 10.7. The van der Waals surface area contributed by atoms with Gasteiger partial charge in [0.05, 0.1) is 0 Å². The van der Waals surface area contributed by atoms with Crippen LogP contribution in [0.1, 0.15) is 5.56 Å². The van der Waals surface area contributed by atoms with E-state index >= 15 is 0 Å². The molecule has 2 heteroatoms. The van der Waals surface area contributed by atoms with E-state index < -0.39 is 0 Å². The van der Waals surface area contributed by atoms with Gasteiger partial charge in [0.1, 0.15) is 0 Å². The van der Waals surface area contributed by atoms with Crippen molar-refractivity contribution in [2.45, 2.75) is 6.42 Å². The van der Waals surface area contributed by atoms with E-state index in [2.05, 4.69) is 52.8 Å². The van der Waals surface area contributed by atoms with Gasteiger partial charge < -0.3 is 5.32 Å². The lowest BCUT2D eigenvalue weighted by atomic mass is 10.1. The van der Waals surface area contributed by atoms with Gasteiger partial charge in [0.2, 0.25) is 0 Å². The van der Waals surface area contributed by atoms with Gasteiger partial charge in [0.25, 0.3) is 0 Å². The molecule has 1 N–H and O–H groups in total. The molecule has 0 fully saturated rings. The lowest BCUT2D eigenvalue weighted by molar-refractivity contribution is 1.02. The first-order valence-electron chi connectivity index (χ1n) is 6.54. The molecule has 3 rings (SSSR count). The SMILES string of the molecule is c1ccc(CCNc2cccc3ccncc23)cc1. The smallest absolute Gasteiger partial charge is 0.0435 e. The van der Waals surface area contributed by atoms with E-state index in [1.165, 1.54) is 16.3 Å². The zero-order chi connectivity index (χ0) is 12.9. The summed E-state index contributed by atoms with van der Waals surface area (Å²) in [5.74, 6) is 0. The number of nitrogens with zero attached hydrogens (tertiary/aromatic N) is 1. The third-order valence-electron chi connectivity index (χ3n) is 3.26. The van der Waals surface area contributed by atoms with Crippen molar-refractivity contribution in [3.63, 3.8) is 0 Å². The highest BCUT2D eigenvalue weighted by Crippen LogP contribution is 2.21. The number of hydrogen-bond acceptors (Lipinski definition) is 2. The molecule has 2 aromatic carbocycles. The third-order valence-corrected chi connectivity index (χ3v) is 3.26. The lowest BCUT2D eigenvalue weighted by Crippen LogP contribution is -2.05. The number of pyridine rings is 1. The maximum absolute atomic E-state index is 4.20. The minimum Gasteiger partial charge on any atom is -0.384 e. The van der Waals surface area contributed by atoms with Crippen LogP contribution in [0.3, 0.4) is 0 Å². The second-order valence-electron chi connectivity index (χ2n) is 4.56. The van der Waals surface area contributed by atoms with Crippen molar-refractivity contribution in [3.05, 3.63) is 72.6 Å². The minimum absolute atomic E-state index is 0.929. The number of rotatable bonds is 4. The molecular weight excluding hydrogens is 232 g/mol. The Balaban J connectivity index is 1.72. The van der Waals surface area contributed by atoms with Gasteiger partial charge in [-0.05, 0) is 29.5 Å². The summed E-state index contributed by atoms with van der Waals surface area (Å²) in [5.41, 5.74) is 2.51. The summed E-state index contributed by atoms with van der Waals surface area (Å²) < 4.78 is 0. The first-order chi connectivity index (χ1) is 9.43. The first kappa shape index (κ1) is 11.7. The monoisotopic (exact) mass is 248 g/mol. The van der Waals surface area contributed by atoms with Crippen molar-refractivity contribution in [1.82, 2.24) is 4.98 Å². The van der Waals surface area contributed by atoms with E-state index in [1.807, 2.05) is 24.5 Å². The minimum atomic E-state index is 0.929. The topological polar surface area (TPSA) is 24.9 Å². The molecule has 0 bridgehead atoms. The Kier molecular flexibility index (Phi) is 3.41. The quantitative estimate of drug-likeness (QED) is 0.757. The van der Waals surface area contributed by atoms with Crippen molar-refractivity contribution in [2.75, 3.05) is 11.9 Å². The molecular formula is C17H16N2. The normalized spacial score (nSPS) is 10.5. The Morgan fingerprint density at radius 3 is 2.68 bits per heavy atom. The van der Waals surface area contributed by atoms with Crippen LogP contribution in [-0.2, 0) is 6.42 Å². The second-order valence-corrected chi connectivity index (χ2v) is 4.56. The fraction of sp³-hybridized carbons (Fsp3) is 0.118. The second kappa shape index (κ2) is 5.53. The Hall–Kier alpha value is -2.35. The number of fused-ring (bicyclic) bond motifs is 1. The fourth-order valence-electron chi connectivity index (χ4n) is 2.25. The summed E-state index contributed by atoms with van der Waals surface area (Å²) >= 11 is 0.